The Hall–Kier alpha value is -2.54. The molecule has 152 valence electrons. The SMILES string of the molecule is COCOc1ccc2c(c1)C1Cc3c(n(CO)c4ccc(OC)cc34)CN1CC2. The van der Waals surface area contributed by atoms with Gasteiger partial charge in [-0.05, 0) is 59.9 Å². The number of aliphatic hydroxyl groups is 1. The van der Waals surface area contributed by atoms with Crippen LogP contribution in [0.3, 0.4) is 0 Å². The minimum atomic E-state index is -0.0116. The molecule has 0 saturated heterocycles. The molecule has 3 heterocycles. The van der Waals surface area contributed by atoms with E-state index in [1.165, 1.54) is 27.8 Å². The van der Waals surface area contributed by atoms with Gasteiger partial charge in [0.25, 0.3) is 0 Å². The molecule has 0 bridgehead atoms. The third-order valence-electron chi connectivity index (χ3n) is 6.31. The van der Waals surface area contributed by atoms with Crippen LogP contribution in [0.4, 0.5) is 0 Å². The molecule has 29 heavy (non-hydrogen) atoms. The van der Waals surface area contributed by atoms with E-state index in [2.05, 4.69) is 23.1 Å². The van der Waals surface area contributed by atoms with Crippen LogP contribution in [0.2, 0.25) is 0 Å². The number of nitrogens with zero attached hydrogens (tertiary/aromatic N) is 2. The molecule has 1 atom stereocenters. The number of fused-ring (bicyclic) bond motifs is 6. The molecule has 6 nitrogen and oxygen atoms in total. The molecule has 5 rings (SSSR count). The van der Waals surface area contributed by atoms with Gasteiger partial charge in [0.2, 0.25) is 0 Å². The molecule has 0 fully saturated rings. The first kappa shape index (κ1) is 18.5. The number of ether oxygens (including phenoxy) is 3. The zero-order valence-electron chi connectivity index (χ0n) is 16.9. The largest absolute Gasteiger partial charge is 0.497 e. The smallest absolute Gasteiger partial charge is 0.188 e. The van der Waals surface area contributed by atoms with Crippen LogP contribution < -0.4 is 9.47 Å². The fraction of sp³-hybridized carbons (Fsp3) is 0.391. The first-order valence-electron chi connectivity index (χ1n) is 10.0. The average Bonchev–Trinajstić information content (AvgIpc) is 3.07. The molecule has 2 aliphatic heterocycles. The van der Waals surface area contributed by atoms with Gasteiger partial charge in [-0.1, -0.05) is 6.07 Å². The van der Waals surface area contributed by atoms with Crippen molar-refractivity contribution >= 4 is 10.9 Å². The van der Waals surface area contributed by atoms with Crippen LogP contribution in [0.5, 0.6) is 11.5 Å². The number of rotatable bonds is 5. The Kier molecular flexibility index (Phi) is 4.70. The summed E-state index contributed by atoms with van der Waals surface area (Å²) < 4.78 is 18.3. The highest BCUT2D eigenvalue weighted by Gasteiger charge is 2.35. The van der Waals surface area contributed by atoms with E-state index in [1.807, 2.05) is 22.8 Å². The standard InChI is InChI=1S/C23H26N2O4/c1-27-14-29-17-4-3-15-7-8-24-12-23-20(11-22(24)18(15)10-17)19-9-16(28-2)5-6-21(19)25(23)13-26/h3-6,9-10,22,26H,7-8,11-14H2,1-2H3. The zero-order chi connectivity index (χ0) is 20.0. The van der Waals surface area contributed by atoms with Gasteiger partial charge in [-0.15, -0.1) is 0 Å². The van der Waals surface area contributed by atoms with Crippen LogP contribution in [0.15, 0.2) is 36.4 Å². The molecule has 1 unspecified atom stereocenters. The second-order valence-corrected chi connectivity index (χ2v) is 7.73. The van der Waals surface area contributed by atoms with Gasteiger partial charge in [-0.3, -0.25) is 4.90 Å². The summed E-state index contributed by atoms with van der Waals surface area (Å²) in [5.41, 5.74) is 6.31. The highest BCUT2D eigenvalue weighted by atomic mass is 16.7. The highest BCUT2D eigenvalue weighted by molar-refractivity contribution is 5.87. The van der Waals surface area contributed by atoms with Gasteiger partial charge in [0, 0.05) is 37.3 Å². The topological polar surface area (TPSA) is 56.1 Å². The monoisotopic (exact) mass is 394 g/mol. The molecular weight excluding hydrogens is 368 g/mol. The number of aromatic nitrogens is 1. The predicted octanol–water partition coefficient (Wildman–Crippen LogP) is 3.24. The molecule has 6 heteroatoms. The lowest BCUT2D eigenvalue weighted by atomic mass is 9.85. The molecular formula is C23H26N2O4. The van der Waals surface area contributed by atoms with Crippen molar-refractivity contribution in [1.82, 2.24) is 9.47 Å². The summed E-state index contributed by atoms with van der Waals surface area (Å²) in [5.74, 6) is 1.69. The first-order chi connectivity index (χ1) is 14.2. The van der Waals surface area contributed by atoms with E-state index in [0.717, 1.165) is 42.9 Å². The fourth-order valence-electron chi connectivity index (χ4n) is 4.91. The third-order valence-corrected chi connectivity index (χ3v) is 6.31. The van der Waals surface area contributed by atoms with Gasteiger partial charge in [0.05, 0.1) is 12.6 Å². The molecule has 3 aromatic rings. The van der Waals surface area contributed by atoms with Gasteiger partial charge < -0.3 is 23.9 Å². The van der Waals surface area contributed by atoms with E-state index in [1.54, 1.807) is 14.2 Å². The molecule has 0 saturated carbocycles. The van der Waals surface area contributed by atoms with E-state index in [4.69, 9.17) is 14.2 Å². The zero-order valence-corrected chi connectivity index (χ0v) is 16.9. The van der Waals surface area contributed by atoms with Gasteiger partial charge in [0.1, 0.15) is 18.2 Å². The van der Waals surface area contributed by atoms with Crippen molar-refractivity contribution in [3.8, 4) is 11.5 Å². The molecule has 2 aliphatic rings. The number of hydrogen-bond acceptors (Lipinski definition) is 5. The summed E-state index contributed by atoms with van der Waals surface area (Å²) in [5, 5.41) is 11.2. The van der Waals surface area contributed by atoms with E-state index in [9.17, 15) is 5.11 Å². The predicted molar refractivity (Wildman–Crippen MR) is 110 cm³/mol. The average molecular weight is 394 g/mol. The Bertz CT molecular complexity index is 1060. The van der Waals surface area contributed by atoms with Crippen molar-refractivity contribution in [3.63, 3.8) is 0 Å². The maximum Gasteiger partial charge on any atom is 0.188 e. The maximum absolute atomic E-state index is 10.1. The second kappa shape index (κ2) is 7.37. The summed E-state index contributed by atoms with van der Waals surface area (Å²) in [7, 11) is 3.32. The fourth-order valence-corrected chi connectivity index (χ4v) is 4.91. The Morgan fingerprint density at radius 1 is 1.10 bits per heavy atom. The summed E-state index contributed by atoms with van der Waals surface area (Å²) >= 11 is 0. The quantitative estimate of drug-likeness (QED) is 0.674. The lowest BCUT2D eigenvalue weighted by molar-refractivity contribution is 0.0508. The van der Waals surface area contributed by atoms with Gasteiger partial charge in [-0.2, -0.15) is 0 Å². The van der Waals surface area contributed by atoms with E-state index < -0.39 is 0 Å². The molecule has 2 aromatic carbocycles. The molecule has 0 amide bonds. The summed E-state index contributed by atoms with van der Waals surface area (Å²) in [6, 6.07) is 12.8. The van der Waals surface area contributed by atoms with Crippen LogP contribution in [0.1, 0.15) is 28.4 Å². The minimum absolute atomic E-state index is 0.0116. The van der Waals surface area contributed by atoms with E-state index >= 15 is 0 Å². The lowest BCUT2D eigenvalue weighted by Crippen LogP contribution is -2.39. The van der Waals surface area contributed by atoms with Crippen molar-refractivity contribution in [1.29, 1.82) is 0 Å². The Balaban J connectivity index is 1.59. The maximum atomic E-state index is 10.1. The number of benzene rings is 2. The third kappa shape index (κ3) is 2.99. The molecule has 1 N–H and O–H groups in total. The Labute approximate surface area is 170 Å². The van der Waals surface area contributed by atoms with Gasteiger partial charge in [-0.25, -0.2) is 0 Å². The second-order valence-electron chi connectivity index (χ2n) is 7.73. The molecule has 0 aliphatic carbocycles. The summed E-state index contributed by atoms with van der Waals surface area (Å²) in [6.45, 7) is 2.09. The molecule has 0 spiro atoms. The van der Waals surface area contributed by atoms with Crippen LogP contribution in [0, 0.1) is 0 Å². The van der Waals surface area contributed by atoms with Gasteiger partial charge >= 0.3 is 0 Å². The number of hydrogen-bond donors (Lipinski definition) is 1. The van der Waals surface area contributed by atoms with Crippen molar-refractivity contribution < 1.29 is 19.3 Å². The normalized spacial score (nSPS) is 18.2. The van der Waals surface area contributed by atoms with E-state index in [0.29, 0.717) is 6.04 Å². The van der Waals surface area contributed by atoms with Crippen molar-refractivity contribution in [3.05, 3.63) is 58.8 Å². The highest BCUT2D eigenvalue weighted by Crippen LogP contribution is 2.43. The Morgan fingerprint density at radius 2 is 1.97 bits per heavy atom. The van der Waals surface area contributed by atoms with Crippen molar-refractivity contribution in [2.45, 2.75) is 32.2 Å². The summed E-state index contributed by atoms with van der Waals surface area (Å²) in [6.07, 6.45) is 1.94. The lowest BCUT2D eigenvalue weighted by Gasteiger charge is -2.41. The van der Waals surface area contributed by atoms with Gasteiger partial charge in [0.15, 0.2) is 6.79 Å². The van der Waals surface area contributed by atoms with Crippen LogP contribution in [0.25, 0.3) is 10.9 Å². The number of aliphatic hydroxyl groups excluding tert-OH is 1. The number of methoxy groups -OCH3 is 2. The van der Waals surface area contributed by atoms with E-state index in [-0.39, 0.29) is 13.5 Å². The molecule has 0 radical (unpaired) electrons. The first-order valence-corrected chi connectivity index (χ1v) is 10.0. The minimum Gasteiger partial charge on any atom is -0.497 e. The van der Waals surface area contributed by atoms with Crippen LogP contribution in [-0.2, 0) is 30.9 Å². The Morgan fingerprint density at radius 3 is 2.76 bits per heavy atom. The van der Waals surface area contributed by atoms with Crippen molar-refractivity contribution in [2.24, 2.45) is 0 Å². The molecule has 1 aromatic heterocycles. The van der Waals surface area contributed by atoms with Crippen LogP contribution in [-0.4, -0.2) is 42.1 Å². The van der Waals surface area contributed by atoms with Crippen molar-refractivity contribution in [2.75, 3.05) is 27.6 Å². The van der Waals surface area contributed by atoms with Crippen LogP contribution >= 0.6 is 0 Å². The summed E-state index contributed by atoms with van der Waals surface area (Å²) in [4.78, 5) is 2.52.